The molecule has 0 bridgehead atoms. The number of fused-ring (bicyclic) bond motifs is 1. The zero-order valence-electron chi connectivity index (χ0n) is 14.8. The summed E-state index contributed by atoms with van der Waals surface area (Å²) in [5, 5.41) is 1.63. The molecule has 7 heteroatoms. The minimum absolute atomic E-state index is 0.0267. The molecule has 1 fully saturated rings. The molecular weight excluding hydrogens is 416 g/mol. The van der Waals surface area contributed by atoms with Gasteiger partial charge >= 0.3 is 0 Å². The molecule has 2 aromatic carbocycles. The van der Waals surface area contributed by atoms with E-state index in [1.165, 1.54) is 11.8 Å². The molecule has 0 saturated carbocycles. The van der Waals surface area contributed by atoms with Gasteiger partial charge in [-0.3, -0.25) is 9.69 Å². The highest BCUT2D eigenvalue weighted by atomic mass is 35.5. The van der Waals surface area contributed by atoms with Crippen LogP contribution in [-0.4, -0.2) is 21.7 Å². The van der Waals surface area contributed by atoms with Crippen LogP contribution in [-0.2, 0) is 4.79 Å². The van der Waals surface area contributed by atoms with Crippen molar-refractivity contribution in [2.24, 2.45) is 0 Å². The minimum Gasteiger partial charge on any atom is -0.334 e. The third kappa shape index (κ3) is 3.29. The van der Waals surface area contributed by atoms with E-state index in [9.17, 15) is 4.79 Å². The molecular formula is C20H17ClN2OS3. The molecule has 0 unspecified atom stereocenters. The van der Waals surface area contributed by atoms with Crippen LogP contribution in [0.4, 0.5) is 5.69 Å². The molecule has 3 nitrogen and oxygen atoms in total. The molecule has 0 aliphatic carbocycles. The Morgan fingerprint density at radius 2 is 1.89 bits per heavy atom. The van der Waals surface area contributed by atoms with Crippen LogP contribution < -0.4 is 4.90 Å². The molecule has 2 aliphatic heterocycles. The first-order valence-electron chi connectivity index (χ1n) is 8.60. The Morgan fingerprint density at radius 3 is 2.59 bits per heavy atom. The molecule has 0 N–H and O–H groups in total. The van der Waals surface area contributed by atoms with Crippen LogP contribution in [0.15, 0.2) is 63.4 Å². The third-order valence-corrected chi connectivity index (χ3v) is 7.58. The lowest BCUT2D eigenvalue weighted by atomic mass is 10.1. The number of nitrogens with zero attached hydrogens (tertiary/aromatic N) is 2. The Morgan fingerprint density at radius 1 is 1.15 bits per heavy atom. The standard InChI is InChI=1S/C20H17ClN2OS3/c1-3-22-15-11-14(21)9-10-16(15)26-19(22)17-18(24)23(20(25)27-17)12(2)13-7-5-4-6-8-13/h4-12H,3H2,1-2H3/b19-17-/t12-/m0/s1. The number of hydrogen-bond acceptors (Lipinski definition) is 5. The second kappa shape index (κ2) is 7.51. The van der Waals surface area contributed by atoms with E-state index in [2.05, 4.69) is 11.8 Å². The summed E-state index contributed by atoms with van der Waals surface area (Å²) < 4.78 is 0.601. The number of carbonyl (C=O) groups excluding carboxylic acids is 1. The van der Waals surface area contributed by atoms with Gasteiger partial charge in [0.2, 0.25) is 0 Å². The molecule has 4 rings (SSSR count). The first-order valence-corrected chi connectivity index (χ1v) is 11.0. The predicted octanol–water partition coefficient (Wildman–Crippen LogP) is 6.06. The summed E-state index contributed by atoms with van der Waals surface area (Å²) in [4.78, 5) is 19.0. The molecule has 27 heavy (non-hydrogen) atoms. The Balaban J connectivity index is 1.71. The molecule has 1 saturated heterocycles. The second-order valence-electron chi connectivity index (χ2n) is 6.22. The molecule has 2 aromatic rings. The van der Waals surface area contributed by atoms with Crippen molar-refractivity contribution in [3.05, 3.63) is 69.1 Å². The number of thioether (sulfide) groups is 2. The summed E-state index contributed by atoms with van der Waals surface area (Å²) in [5.41, 5.74) is 2.12. The smallest absolute Gasteiger partial charge is 0.269 e. The van der Waals surface area contributed by atoms with E-state index in [-0.39, 0.29) is 11.9 Å². The summed E-state index contributed by atoms with van der Waals surface area (Å²) in [6, 6.07) is 15.7. The van der Waals surface area contributed by atoms with Crippen LogP contribution >= 0.6 is 47.3 Å². The van der Waals surface area contributed by atoms with Gasteiger partial charge in [-0.1, -0.05) is 77.7 Å². The summed E-state index contributed by atoms with van der Waals surface area (Å²) in [6.45, 7) is 4.85. The third-order valence-electron chi connectivity index (χ3n) is 4.64. The van der Waals surface area contributed by atoms with Crippen molar-refractivity contribution in [2.45, 2.75) is 24.8 Å². The Bertz CT molecular complexity index is 961. The number of thiocarbonyl (C=S) groups is 1. The van der Waals surface area contributed by atoms with E-state index in [1.807, 2.05) is 55.5 Å². The molecule has 1 atom stereocenters. The van der Waals surface area contributed by atoms with Crippen molar-refractivity contribution < 1.29 is 4.79 Å². The number of hydrogen-bond donors (Lipinski definition) is 0. The first kappa shape index (κ1) is 18.9. The van der Waals surface area contributed by atoms with Crippen molar-refractivity contribution in [3.63, 3.8) is 0 Å². The van der Waals surface area contributed by atoms with Gasteiger partial charge in [0.05, 0.1) is 11.7 Å². The fourth-order valence-electron chi connectivity index (χ4n) is 3.26. The Kier molecular flexibility index (Phi) is 5.25. The van der Waals surface area contributed by atoms with Crippen molar-refractivity contribution in [3.8, 4) is 0 Å². The van der Waals surface area contributed by atoms with Gasteiger partial charge < -0.3 is 4.90 Å². The van der Waals surface area contributed by atoms with Gasteiger partial charge in [-0.15, -0.1) is 0 Å². The highest BCUT2D eigenvalue weighted by molar-refractivity contribution is 8.27. The molecule has 0 radical (unpaired) electrons. The largest absolute Gasteiger partial charge is 0.334 e. The number of carbonyl (C=O) groups is 1. The van der Waals surface area contributed by atoms with Gasteiger partial charge in [0.1, 0.15) is 14.3 Å². The Hall–Kier alpha value is -1.47. The van der Waals surface area contributed by atoms with E-state index in [4.69, 9.17) is 23.8 Å². The van der Waals surface area contributed by atoms with Gasteiger partial charge in [-0.2, -0.15) is 0 Å². The maximum absolute atomic E-state index is 13.3. The van der Waals surface area contributed by atoms with Crippen molar-refractivity contribution >= 4 is 63.3 Å². The van der Waals surface area contributed by atoms with Gasteiger partial charge in [0.25, 0.3) is 5.91 Å². The highest BCUT2D eigenvalue weighted by Crippen LogP contribution is 2.51. The monoisotopic (exact) mass is 432 g/mol. The SMILES string of the molecule is CCN1/C(=C2/SC(=S)N([C@@H](C)c3ccccc3)C2=O)Sc2ccc(Cl)cc21. The number of rotatable bonds is 3. The minimum atomic E-state index is -0.102. The van der Waals surface area contributed by atoms with Crippen LogP contribution in [0.25, 0.3) is 0 Å². The molecule has 0 aromatic heterocycles. The fourth-order valence-corrected chi connectivity index (χ4v) is 6.20. The normalized spacial score (nSPS) is 20.4. The molecule has 1 amide bonds. The van der Waals surface area contributed by atoms with Crippen molar-refractivity contribution in [1.82, 2.24) is 4.90 Å². The highest BCUT2D eigenvalue weighted by Gasteiger charge is 2.41. The van der Waals surface area contributed by atoms with E-state index < -0.39 is 0 Å². The van der Waals surface area contributed by atoms with E-state index in [1.54, 1.807) is 16.7 Å². The molecule has 138 valence electrons. The van der Waals surface area contributed by atoms with Crippen LogP contribution in [0.3, 0.4) is 0 Å². The summed E-state index contributed by atoms with van der Waals surface area (Å²) in [7, 11) is 0. The zero-order valence-corrected chi connectivity index (χ0v) is 18.0. The number of amides is 1. The van der Waals surface area contributed by atoms with E-state index in [0.29, 0.717) is 14.2 Å². The number of halogens is 1. The van der Waals surface area contributed by atoms with Gasteiger partial charge in [0.15, 0.2) is 0 Å². The van der Waals surface area contributed by atoms with E-state index in [0.717, 1.165) is 27.7 Å². The zero-order chi connectivity index (χ0) is 19.1. The maximum atomic E-state index is 13.3. The van der Waals surface area contributed by atoms with Gasteiger partial charge in [0, 0.05) is 16.5 Å². The van der Waals surface area contributed by atoms with Crippen LogP contribution in [0.5, 0.6) is 0 Å². The summed E-state index contributed by atoms with van der Waals surface area (Å²) >= 11 is 14.8. The quantitative estimate of drug-likeness (QED) is 0.433. The number of benzene rings is 2. The van der Waals surface area contributed by atoms with Crippen molar-refractivity contribution in [2.75, 3.05) is 11.4 Å². The average Bonchev–Trinajstić information content (AvgIpc) is 3.17. The van der Waals surface area contributed by atoms with Crippen molar-refractivity contribution in [1.29, 1.82) is 0 Å². The lowest BCUT2D eigenvalue weighted by Gasteiger charge is -2.24. The first-order chi connectivity index (χ1) is 13.0. The lowest BCUT2D eigenvalue weighted by molar-refractivity contribution is -0.123. The van der Waals surface area contributed by atoms with Crippen LogP contribution in [0.1, 0.15) is 25.5 Å². The average molecular weight is 433 g/mol. The van der Waals surface area contributed by atoms with Gasteiger partial charge in [-0.25, -0.2) is 0 Å². The summed E-state index contributed by atoms with van der Waals surface area (Å²) in [6.07, 6.45) is 0. The lowest BCUT2D eigenvalue weighted by Crippen LogP contribution is -2.31. The topological polar surface area (TPSA) is 23.6 Å². The molecule has 2 heterocycles. The number of anilines is 1. The Labute approximate surface area is 177 Å². The summed E-state index contributed by atoms with van der Waals surface area (Å²) in [5.74, 6) is -0.0267. The predicted molar refractivity (Wildman–Crippen MR) is 119 cm³/mol. The maximum Gasteiger partial charge on any atom is 0.269 e. The molecule has 0 spiro atoms. The van der Waals surface area contributed by atoms with E-state index >= 15 is 0 Å². The fraction of sp³-hybridized carbons (Fsp3) is 0.200. The van der Waals surface area contributed by atoms with Crippen LogP contribution in [0.2, 0.25) is 5.02 Å². The van der Waals surface area contributed by atoms with Crippen LogP contribution in [0, 0.1) is 0 Å². The van der Waals surface area contributed by atoms with Gasteiger partial charge in [-0.05, 0) is 37.6 Å². The molecule has 2 aliphatic rings. The second-order valence-corrected chi connectivity index (χ2v) is 9.33.